The van der Waals surface area contributed by atoms with Crippen LogP contribution in [0, 0.1) is 11.3 Å². The van der Waals surface area contributed by atoms with E-state index in [1.807, 2.05) is 30.5 Å². The maximum Gasteiger partial charge on any atom is 0.100 e. The van der Waals surface area contributed by atoms with E-state index in [1.54, 1.807) is 17.4 Å². The van der Waals surface area contributed by atoms with E-state index in [9.17, 15) is 0 Å². The summed E-state index contributed by atoms with van der Waals surface area (Å²) >= 11 is 13.6. The van der Waals surface area contributed by atoms with E-state index in [0.717, 1.165) is 10.4 Å². The first-order valence-electron chi connectivity index (χ1n) is 5.76. The van der Waals surface area contributed by atoms with Crippen molar-refractivity contribution in [2.24, 2.45) is 0 Å². The summed E-state index contributed by atoms with van der Waals surface area (Å²) in [6.45, 7) is 2.76. The molecule has 19 heavy (non-hydrogen) atoms. The third-order valence-electron chi connectivity index (χ3n) is 2.79. The quantitative estimate of drug-likeness (QED) is 0.882. The lowest BCUT2D eigenvalue weighted by molar-refractivity contribution is 0.579. The molecule has 1 N–H and O–H groups in total. The van der Waals surface area contributed by atoms with E-state index in [0.29, 0.717) is 22.2 Å². The Morgan fingerprint density at radius 2 is 2.16 bits per heavy atom. The molecule has 0 bridgehead atoms. The first-order chi connectivity index (χ1) is 9.10. The summed E-state index contributed by atoms with van der Waals surface area (Å²) < 4.78 is 0. The van der Waals surface area contributed by atoms with Crippen LogP contribution >= 0.6 is 34.5 Å². The van der Waals surface area contributed by atoms with Crippen molar-refractivity contribution in [1.82, 2.24) is 5.32 Å². The maximum absolute atomic E-state index is 8.78. The fourth-order valence-corrected chi connectivity index (χ4v) is 3.08. The molecule has 2 rings (SSSR count). The SMILES string of the molecule is CC(NCc1cc(C#N)cs1)c1ccc(Cl)cc1Cl. The van der Waals surface area contributed by atoms with Crippen LogP contribution < -0.4 is 5.32 Å². The van der Waals surface area contributed by atoms with Crippen molar-refractivity contribution >= 4 is 34.5 Å². The number of rotatable bonds is 4. The first-order valence-corrected chi connectivity index (χ1v) is 7.39. The maximum atomic E-state index is 8.78. The molecule has 1 aromatic heterocycles. The molecule has 1 aromatic carbocycles. The van der Waals surface area contributed by atoms with Crippen molar-refractivity contribution in [3.63, 3.8) is 0 Å². The monoisotopic (exact) mass is 310 g/mol. The predicted octanol–water partition coefficient (Wildman–Crippen LogP) is 4.78. The molecule has 1 heterocycles. The molecule has 0 fully saturated rings. The van der Waals surface area contributed by atoms with E-state index in [-0.39, 0.29) is 6.04 Å². The average Bonchev–Trinajstić information content (AvgIpc) is 2.84. The van der Waals surface area contributed by atoms with Crippen molar-refractivity contribution in [2.75, 3.05) is 0 Å². The zero-order valence-corrected chi connectivity index (χ0v) is 12.6. The number of nitrogens with one attached hydrogen (secondary N) is 1. The van der Waals surface area contributed by atoms with Crippen molar-refractivity contribution in [1.29, 1.82) is 5.26 Å². The molecule has 0 saturated carbocycles. The summed E-state index contributed by atoms with van der Waals surface area (Å²) in [7, 11) is 0. The molecule has 0 spiro atoms. The minimum Gasteiger partial charge on any atom is -0.305 e. The molecule has 98 valence electrons. The minimum atomic E-state index is 0.123. The van der Waals surface area contributed by atoms with Gasteiger partial charge < -0.3 is 5.32 Å². The molecule has 0 aliphatic heterocycles. The van der Waals surface area contributed by atoms with E-state index < -0.39 is 0 Å². The lowest BCUT2D eigenvalue weighted by Gasteiger charge is -2.15. The van der Waals surface area contributed by atoms with Gasteiger partial charge in [-0.3, -0.25) is 0 Å². The molecular formula is C14H12Cl2N2S. The molecule has 1 atom stereocenters. The number of hydrogen-bond acceptors (Lipinski definition) is 3. The fourth-order valence-electron chi connectivity index (χ4n) is 1.75. The Bertz CT molecular complexity index is 616. The van der Waals surface area contributed by atoms with Crippen LogP contribution in [0.15, 0.2) is 29.6 Å². The third-order valence-corrected chi connectivity index (χ3v) is 4.29. The standard InChI is InChI=1S/C14H12Cl2N2S/c1-9(13-3-2-11(15)5-14(13)16)18-7-12-4-10(6-17)8-19-12/h2-5,8-9,18H,7H2,1H3. The Balaban J connectivity index is 2.01. The highest BCUT2D eigenvalue weighted by Crippen LogP contribution is 2.26. The van der Waals surface area contributed by atoms with Gasteiger partial charge in [-0.05, 0) is 30.7 Å². The zero-order valence-electron chi connectivity index (χ0n) is 10.3. The van der Waals surface area contributed by atoms with Gasteiger partial charge in [0.15, 0.2) is 0 Å². The lowest BCUT2D eigenvalue weighted by atomic mass is 10.1. The van der Waals surface area contributed by atoms with Gasteiger partial charge in [0.25, 0.3) is 0 Å². The van der Waals surface area contributed by atoms with Crippen molar-refractivity contribution in [3.8, 4) is 6.07 Å². The Labute approximate surface area is 126 Å². The summed E-state index contributed by atoms with van der Waals surface area (Å²) in [4.78, 5) is 1.13. The Morgan fingerprint density at radius 3 is 2.79 bits per heavy atom. The second-order valence-electron chi connectivity index (χ2n) is 4.18. The van der Waals surface area contributed by atoms with Crippen LogP contribution in [0.5, 0.6) is 0 Å². The molecular weight excluding hydrogens is 299 g/mol. The smallest absolute Gasteiger partial charge is 0.100 e. The van der Waals surface area contributed by atoms with Crippen LogP contribution in [0.1, 0.15) is 29.0 Å². The van der Waals surface area contributed by atoms with Gasteiger partial charge in [-0.15, -0.1) is 11.3 Å². The van der Waals surface area contributed by atoms with Gasteiger partial charge in [0.05, 0.1) is 5.56 Å². The largest absolute Gasteiger partial charge is 0.305 e. The van der Waals surface area contributed by atoms with Gasteiger partial charge >= 0.3 is 0 Å². The Morgan fingerprint density at radius 1 is 1.37 bits per heavy atom. The van der Waals surface area contributed by atoms with Crippen LogP contribution in [0.4, 0.5) is 0 Å². The fraction of sp³-hybridized carbons (Fsp3) is 0.214. The first kappa shape index (κ1) is 14.4. The van der Waals surface area contributed by atoms with E-state index in [1.165, 1.54) is 0 Å². The highest BCUT2D eigenvalue weighted by atomic mass is 35.5. The molecule has 2 aromatic rings. The normalized spacial score (nSPS) is 12.1. The lowest BCUT2D eigenvalue weighted by Crippen LogP contribution is -2.17. The topological polar surface area (TPSA) is 35.8 Å². The molecule has 1 unspecified atom stereocenters. The van der Waals surface area contributed by atoms with Crippen LogP contribution in [-0.4, -0.2) is 0 Å². The Hall–Kier alpha value is -1.05. The second-order valence-corrected chi connectivity index (χ2v) is 6.02. The van der Waals surface area contributed by atoms with Crippen molar-refractivity contribution < 1.29 is 0 Å². The molecule has 5 heteroatoms. The van der Waals surface area contributed by atoms with Gasteiger partial charge in [0.1, 0.15) is 6.07 Å². The number of halogens is 2. The van der Waals surface area contributed by atoms with Gasteiger partial charge in [-0.25, -0.2) is 0 Å². The van der Waals surface area contributed by atoms with Gasteiger partial charge in [0.2, 0.25) is 0 Å². The van der Waals surface area contributed by atoms with E-state index >= 15 is 0 Å². The van der Waals surface area contributed by atoms with Gasteiger partial charge in [-0.1, -0.05) is 29.3 Å². The molecule has 0 saturated heterocycles. The molecule has 0 radical (unpaired) electrons. The van der Waals surface area contributed by atoms with E-state index in [4.69, 9.17) is 28.5 Å². The summed E-state index contributed by atoms with van der Waals surface area (Å²) in [5, 5.41) is 15.3. The third kappa shape index (κ3) is 3.71. The highest BCUT2D eigenvalue weighted by Gasteiger charge is 2.10. The molecule has 0 amide bonds. The van der Waals surface area contributed by atoms with Crippen molar-refractivity contribution in [2.45, 2.75) is 19.5 Å². The Kier molecular flexibility index (Phi) is 4.84. The van der Waals surface area contributed by atoms with Crippen LogP contribution in [0.3, 0.4) is 0 Å². The average molecular weight is 311 g/mol. The van der Waals surface area contributed by atoms with E-state index in [2.05, 4.69) is 11.4 Å². The molecule has 2 nitrogen and oxygen atoms in total. The second kappa shape index (κ2) is 6.40. The number of nitrogens with zero attached hydrogens (tertiary/aromatic N) is 1. The summed E-state index contributed by atoms with van der Waals surface area (Å²) in [5.41, 5.74) is 1.72. The zero-order chi connectivity index (χ0) is 13.8. The van der Waals surface area contributed by atoms with Gasteiger partial charge in [0, 0.05) is 32.9 Å². The highest BCUT2D eigenvalue weighted by molar-refractivity contribution is 7.10. The summed E-state index contributed by atoms with van der Waals surface area (Å²) in [6.07, 6.45) is 0. The summed E-state index contributed by atoms with van der Waals surface area (Å²) in [5.74, 6) is 0. The summed E-state index contributed by atoms with van der Waals surface area (Å²) in [6, 6.07) is 9.66. The number of thiophene rings is 1. The van der Waals surface area contributed by atoms with Gasteiger partial charge in [-0.2, -0.15) is 5.26 Å². The number of hydrogen-bond donors (Lipinski definition) is 1. The predicted molar refractivity (Wildman–Crippen MR) is 80.8 cm³/mol. The minimum absolute atomic E-state index is 0.123. The van der Waals surface area contributed by atoms with Crippen LogP contribution in [0.25, 0.3) is 0 Å². The van der Waals surface area contributed by atoms with Crippen molar-refractivity contribution in [3.05, 3.63) is 55.7 Å². The molecule has 0 aliphatic rings. The number of nitriles is 1. The molecule has 0 aliphatic carbocycles. The van der Waals surface area contributed by atoms with Crippen LogP contribution in [-0.2, 0) is 6.54 Å². The number of benzene rings is 1. The van der Waals surface area contributed by atoms with Crippen LogP contribution in [0.2, 0.25) is 10.0 Å².